The van der Waals surface area contributed by atoms with Crippen LogP contribution in [0.15, 0.2) is 23.2 Å². The third kappa shape index (κ3) is 5.13. The van der Waals surface area contributed by atoms with Gasteiger partial charge in [-0.3, -0.25) is 9.89 Å². The molecular formula is C19H33N5. The van der Waals surface area contributed by atoms with E-state index in [1.807, 2.05) is 0 Å². The maximum absolute atomic E-state index is 4.64. The van der Waals surface area contributed by atoms with Gasteiger partial charge in [-0.25, -0.2) is 0 Å². The summed E-state index contributed by atoms with van der Waals surface area (Å²) >= 11 is 0. The number of piperazine rings is 1. The molecule has 2 N–H and O–H groups in total. The zero-order valence-electron chi connectivity index (χ0n) is 15.7. The number of rotatable bonds is 6. The van der Waals surface area contributed by atoms with Crippen LogP contribution in [-0.2, 0) is 0 Å². The first-order valence-corrected chi connectivity index (χ1v) is 9.21. The number of nitrogens with zero attached hydrogens (tertiary/aromatic N) is 3. The van der Waals surface area contributed by atoms with Crippen LogP contribution >= 0.6 is 0 Å². The van der Waals surface area contributed by atoms with Gasteiger partial charge in [0.25, 0.3) is 0 Å². The third-order valence-electron chi connectivity index (χ3n) is 4.66. The van der Waals surface area contributed by atoms with E-state index in [2.05, 4.69) is 71.3 Å². The molecule has 1 aromatic rings. The highest BCUT2D eigenvalue weighted by Gasteiger charge is 2.18. The second-order valence-electron chi connectivity index (χ2n) is 6.34. The molecule has 0 atom stereocenters. The summed E-state index contributed by atoms with van der Waals surface area (Å²) in [7, 11) is 0. The van der Waals surface area contributed by atoms with Crippen LogP contribution in [-0.4, -0.2) is 63.2 Å². The van der Waals surface area contributed by atoms with Crippen molar-refractivity contribution in [1.82, 2.24) is 15.5 Å². The minimum Gasteiger partial charge on any atom is -0.369 e. The van der Waals surface area contributed by atoms with Crippen molar-refractivity contribution >= 4 is 11.6 Å². The van der Waals surface area contributed by atoms with Crippen molar-refractivity contribution in [2.24, 2.45) is 4.99 Å². The Morgan fingerprint density at radius 2 is 1.71 bits per heavy atom. The molecule has 0 amide bonds. The number of benzene rings is 1. The highest BCUT2D eigenvalue weighted by Crippen LogP contribution is 2.23. The highest BCUT2D eigenvalue weighted by atomic mass is 15.3. The molecular weight excluding hydrogens is 298 g/mol. The zero-order chi connectivity index (χ0) is 17.4. The first-order chi connectivity index (χ1) is 11.7. The van der Waals surface area contributed by atoms with Crippen molar-refractivity contribution in [2.45, 2.75) is 27.7 Å². The van der Waals surface area contributed by atoms with Gasteiger partial charge in [-0.1, -0.05) is 12.1 Å². The molecule has 134 valence electrons. The Bertz CT molecular complexity index is 525. The molecule has 1 aliphatic rings. The highest BCUT2D eigenvalue weighted by molar-refractivity contribution is 5.79. The van der Waals surface area contributed by atoms with E-state index in [4.69, 9.17) is 0 Å². The zero-order valence-corrected chi connectivity index (χ0v) is 15.7. The van der Waals surface area contributed by atoms with Gasteiger partial charge in [0, 0.05) is 51.5 Å². The van der Waals surface area contributed by atoms with Crippen LogP contribution in [0, 0.1) is 13.8 Å². The standard InChI is InChI=1S/C19H33N5/c1-5-20-19(21-6-2)22-10-11-23-12-14-24(15-13-23)18-9-7-8-16(3)17(18)4/h7-9H,5-6,10-15H2,1-4H3,(H2,20,21,22). The van der Waals surface area contributed by atoms with Crippen molar-refractivity contribution in [1.29, 1.82) is 0 Å². The van der Waals surface area contributed by atoms with E-state index in [0.29, 0.717) is 0 Å². The fourth-order valence-corrected chi connectivity index (χ4v) is 3.10. The van der Waals surface area contributed by atoms with Crippen LogP contribution < -0.4 is 15.5 Å². The van der Waals surface area contributed by atoms with Crippen molar-refractivity contribution in [3.05, 3.63) is 29.3 Å². The number of anilines is 1. The lowest BCUT2D eigenvalue weighted by atomic mass is 10.1. The number of hydrogen-bond donors (Lipinski definition) is 2. The van der Waals surface area contributed by atoms with Gasteiger partial charge < -0.3 is 15.5 Å². The molecule has 1 fully saturated rings. The van der Waals surface area contributed by atoms with E-state index in [-0.39, 0.29) is 0 Å². The molecule has 0 spiro atoms. The summed E-state index contributed by atoms with van der Waals surface area (Å²) in [5.74, 6) is 0.925. The van der Waals surface area contributed by atoms with Gasteiger partial charge >= 0.3 is 0 Å². The monoisotopic (exact) mass is 331 g/mol. The SMILES string of the molecule is CCNC(=NCCN1CCN(c2cccc(C)c2C)CC1)NCC. The van der Waals surface area contributed by atoms with Gasteiger partial charge in [0.15, 0.2) is 5.96 Å². The topological polar surface area (TPSA) is 42.9 Å². The van der Waals surface area contributed by atoms with Crippen LogP contribution in [0.1, 0.15) is 25.0 Å². The van der Waals surface area contributed by atoms with E-state index in [0.717, 1.165) is 58.3 Å². The summed E-state index contributed by atoms with van der Waals surface area (Å²) in [5.41, 5.74) is 4.19. The second-order valence-corrected chi connectivity index (χ2v) is 6.34. The van der Waals surface area contributed by atoms with Crippen LogP contribution in [0.5, 0.6) is 0 Å². The lowest BCUT2D eigenvalue weighted by Crippen LogP contribution is -2.47. The molecule has 0 aliphatic carbocycles. The molecule has 1 aliphatic heterocycles. The summed E-state index contributed by atoms with van der Waals surface area (Å²) in [5, 5.41) is 6.55. The number of guanidine groups is 1. The Kier molecular flexibility index (Phi) is 7.37. The molecule has 5 nitrogen and oxygen atoms in total. The van der Waals surface area contributed by atoms with Crippen LogP contribution in [0.4, 0.5) is 5.69 Å². The predicted molar refractivity (Wildman–Crippen MR) is 104 cm³/mol. The molecule has 1 heterocycles. The Balaban J connectivity index is 1.80. The van der Waals surface area contributed by atoms with E-state index < -0.39 is 0 Å². The summed E-state index contributed by atoms with van der Waals surface area (Å²) in [6.07, 6.45) is 0. The smallest absolute Gasteiger partial charge is 0.191 e. The number of aliphatic imine (C=N–C) groups is 1. The van der Waals surface area contributed by atoms with Gasteiger partial charge in [0.2, 0.25) is 0 Å². The lowest BCUT2D eigenvalue weighted by molar-refractivity contribution is 0.265. The second kappa shape index (κ2) is 9.52. The van der Waals surface area contributed by atoms with Gasteiger partial charge in [0.1, 0.15) is 0 Å². The van der Waals surface area contributed by atoms with E-state index in [9.17, 15) is 0 Å². The number of hydrogen-bond acceptors (Lipinski definition) is 3. The Morgan fingerprint density at radius 1 is 1.04 bits per heavy atom. The fourth-order valence-electron chi connectivity index (χ4n) is 3.10. The molecule has 2 rings (SSSR count). The molecule has 24 heavy (non-hydrogen) atoms. The minimum absolute atomic E-state index is 0.846. The van der Waals surface area contributed by atoms with E-state index in [1.165, 1.54) is 16.8 Å². The van der Waals surface area contributed by atoms with E-state index >= 15 is 0 Å². The average molecular weight is 332 g/mol. The molecule has 0 bridgehead atoms. The van der Waals surface area contributed by atoms with Crippen molar-refractivity contribution in [3.63, 3.8) is 0 Å². The molecule has 5 heteroatoms. The van der Waals surface area contributed by atoms with Crippen molar-refractivity contribution in [2.75, 3.05) is 57.3 Å². The molecule has 0 unspecified atom stereocenters. The third-order valence-corrected chi connectivity index (χ3v) is 4.66. The normalized spacial score (nSPS) is 15.2. The molecule has 0 saturated carbocycles. The maximum atomic E-state index is 4.64. The number of aryl methyl sites for hydroxylation is 1. The molecule has 0 aromatic heterocycles. The molecule has 1 saturated heterocycles. The lowest BCUT2D eigenvalue weighted by Gasteiger charge is -2.36. The average Bonchev–Trinajstić information content (AvgIpc) is 2.58. The molecule has 0 radical (unpaired) electrons. The van der Waals surface area contributed by atoms with Crippen LogP contribution in [0.3, 0.4) is 0 Å². The summed E-state index contributed by atoms with van der Waals surface area (Å²) in [6.45, 7) is 16.7. The number of nitrogens with one attached hydrogen (secondary N) is 2. The quantitative estimate of drug-likeness (QED) is 0.618. The minimum atomic E-state index is 0.846. The Labute approximate surface area is 147 Å². The van der Waals surface area contributed by atoms with Crippen LogP contribution in [0.25, 0.3) is 0 Å². The summed E-state index contributed by atoms with van der Waals surface area (Å²) < 4.78 is 0. The van der Waals surface area contributed by atoms with Crippen molar-refractivity contribution < 1.29 is 0 Å². The van der Waals surface area contributed by atoms with Gasteiger partial charge in [-0.05, 0) is 44.9 Å². The predicted octanol–water partition coefficient (Wildman–Crippen LogP) is 2.00. The Morgan fingerprint density at radius 3 is 2.33 bits per heavy atom. The summed E-state index contributed by atoms with van der Waals surface area (Å²) in [4.78, 5) is 9.67. The first kappa shape index (κ1) is 18.6. The molecule has 1 aromatic carbocycles. The van der Waals surface area contributed by atoms with Gasteiger partial charge in [0.05, 0.1) is 6.54 Å². The fraction of sp³-hybridized carbons (Fsp3) is 0.632. The summed E-state index contributed by atoms with van der Waals surface area (Å²) in [6, 6.07) is 6.61. The first-order valence-electron chi connectivity index (χ1n) is 9.21. The largest absolute Gasteiger partial charge is 0.369 e. The maximum Gasteiger partial charge on any atom is 0.191 e. The van der Waals surface area contributed by atoms with Crippen LogP contribution in [0.2, 0.25) is 0 Å². The van der Waals surface area contributed by atoms with Gasteiger partial charge in [-0.15, -0.1) is 0 Å². The van der Waals surface area contributed by atoms with E-state index in [1.54, 1.807) is 0 Å². The van der Waals surface area contributed by atoms with Crippen molar-refractivity contribution in [3.8, 4) is 0 Å². The Hall–Kier alpha value is -1.75. The van der Waals surface area contributed by atoms with Gasteiger partial charge in [-0.2, -0.15) is 0 Å².